The molecule has 0 aromatic carbocycles. The van der Waals surface area contributed by atoms with Crippen molar-refractivity contribution in [2.24, 2.45) is 0 Å². The van der Waals surface area contributed by atoms with Crippen molar-refractivity contribution in [1.82, 2.24) is 4.42 Å². The molecule has 1 aliphatic heterocycles. The van der Waals surface area contributed by atoms with Crippen molar-refractivity contribution >= 4 is 23.4 Å². The van der Waals surface area contributed by atoms with Crippen molar-refractivity contribution in [1.29, 1.82) is 0 Å². The smallest absolute Gasteiger partial charge is 0.122 e. The van der Waals surface area contributed by atoms with E-state index in [-0.39, 0.29) is 5.50 Å². The van der Waals surface area contributed by atoms with E-state index >= 15 is 0 Å². The summed E-state index contributed by atoms with van der Waals surface area (Å²) in [5.41, 5.74) is -0.148. The predicted octanol–water partition coefficient (Wildman–Crippen LogP) is 1.04. The SMILES string of the molecule is ClC1COCCN1Cl. The molecule has 0 saturated carbocycles. The molecule has 1 fully saturated rings. The third-order valence-electron chi connectivity index (χ3n) is 1.01. The lowest BCUT2D eigenvalue weighted by Crippen LogP contribution is -2.35. The summed E-state index contributed by atoms with van der Waals surface area (Å²) in [5.74, 6) is 0. The standard InChI is InChI=1S/C4H7Cl2NO/c5-4-3-8-2-1-7(4)6/h4H,1-3H2. The van der Waals surface area contributed by atoms with E-state index in [1.54, 1.807) is 4.42 Å². The van der Waals surface area contributed by atoms with Gasteiger partial charge in [0, 0.05) is 6.54 Å². The summed E-state index contributed by atoms with van der Waals surface area (Å²) in [4.78, 5) is 0. The van der Waals surface area contributed by atoms with Crippen LogP contribution in [0, 0.1) is 0 Å². The molecule has 0 N–H and O–H groups in total. The van der Waals surface area contributed by atoms with Gasteiger partial charge in [-0.2, -0.15) is 4.42 Å². The van der Waals surface area contributed by atoms with Gasteiger partial charge in [0.15, 0.2) is 0 Å². The van der Waals surface area contributed by atoms with Crippen LogP contribution >= 0.6 is 23.4 Å². The molecule has 8 heavy (non-hydrogen) atoms. The minimum atomic E-state index is -0.148. The molecule has 1 rings (SSSR count). The fourth-order valence-corrected chi connectivity index (χ4v) is 0.865. The lowest BCUT2D eigenvalue weighted by Gasteiger charge is -2.24. The number of hydrogen-bond acceptors (Lipinski definition) is 2. The number of halogens is 2. The van der Waals surface area contributed by atoms with E-state index in [0.29, 0.717) is 13.2 Å². The Bertz CT molecular complexity index is 70.4. The van der Waals surface area contributed by atoms with Crippen LogP contribution in [0.2, 0.25) is 0 Å². The van der Waals surface area contributed by atoms with Crippen LogP contribution in [0.4, 0.5) is 0 Å². The molecule has 1 unspecified atom stereocenters. The number of nitrogens with zero attached hydrogens (tertiary/aromatic N) is 1. The van der Waals surface area contributed by atoms with Crippen LogP contribution in [0.3, 0.4) is 0 Å². The zero-order chi connectivity index (χ0) is 5.98. The minimum absolute atomic E-state index is 0.148. The summed E-state index contributed by atoms with van der Waals surface area (Å²) < 4.78 is 6.54. The number of ether oxygens (including phenoxy) is 1. The van der Waals surface area contributed by atoms with E-state index in [0.717, 1.165) is 6.54 Å². The maximum Gasteiger partial charge on any atom is 0.122 e. The molecule has 0 aromatic heterocycles. The van der Waals surface area contributed by atoms with Gasteiger partial charge in [-0.1, -0.05) is 0 Å². The van der Waals surface area contributed by atoms with Crippen LogP contribution in [0.25, 0.3) is 0 Å². The molecule has 1 heterocycles. The third-order valence-corrected chi connectivity index (χ3v) is 1.87. The highest BCUT2D eigenvalue weighted by atomic mass is 35.5. The molecule has 1 atom stereocenters. The van der Waals surface area contributed by atoms with E-state index in [9.17, 15) is 0 Å². The molecular weight excluding hydrogens is 149 g/mol. The Balaban J connectivity index is 2.28. The van der Waals surface area contributed by atoms with Gasteiger partial charge in [-0.3, -0.25) is 0 Å². The average molecular weight is 156 g/mol. The number of hydrogen-bond donors (Lipinski definition) is 0. The fraction of sp³-hybridized carbons (Fsp3) is 1.00. The molecule has 0 aliphatic carbocycles. The second-order valence-corrected chi connectivity index (χ2v) is 2.57. The number of morpholine rings is 1. The van der Waals surface area contributed by atoms with Crippen molar-refractivity contribution in [3.8, 4) is 0 Å². The van der Waals surface area contributed by atoms with E-state index < -0.39 is 0 Å². The first-order chi connectivity index (χ1) is 3.80. The second-order valence-electron chi connectivity index (χ2n) is 1.63. The summed E-state index contributed by atoms with van der Waals surface area (Å²) in [7, 11) is 0. The second kappa shape index (κ2) is 2.87. The highest BCUT2D eigenvalue weighted by Crippen LogP contribution is 2.11. The Morgan fingerprint density at radius 2 is 2.38 bits per heavy atom. The fourth-order valence-electron chi connectivity index (χ4n) is 0.553. The van der Waals surface area contributed by atoms with Crippen molar-refractivity contribution < 1.29 is 4.74 Å². The van der Waals surface area contributed by atoms with Crippen LogP contribution in [0.5, 0.6) is 0 Å². The first kappa shape index (κ1) is 6.62. The minimum Gasteiger partial charge on any atom is -0.377 e. The van der Waals surface area contributed by atoms with Gasteiger partial charge < -0.3 is 4.74 Å². The summed E-state index contributed by atoms with van der Waals surface area (Å²) in [5, 5.41) is 0. The zero-order valence-electron chi connectivity index (χ0n) is 4.31. The molecule has 4 heteroatoms. The largest absolute Gasteiger partial charge is 0.377 e. The van der Waals surface area contributed by atoms with Gasteiger partial charge in [0.2, 0.25) is 0 Å². The summed E-state index contributed by atoms with van der Waals surface area (Å²) in [6.07, 6.45) is 0. The predicted molar refractivity (Wildman–Crippen MR) is 33.0 cm³/mol. The number of rotatable bonds is 0. The maximum absolute atomic E-state index is 5.64. The highest BCUT2D eigenvalue weighted by Gasteiger charge is 2.17. The Kier molecular flexibility index (Phi) is 2.38. The van der Waals surface area contributed by atoms with Crippen LogP contribution < -0.4 is 0 Å². The average Bonchev–Trinajstić information content (AvgIpc) is 1.77. The van der Waals surface area contributed by atoms with Gasteiger partial charge in [0.25, 0.3) is 0 Å². The summed E-state index contributed by atoms with van der Waals surface area (Å²) in [6.45, 7) is 1.94. The molecule has 0 radical (unpaired) electrons. The molecule has 2 nitrogen and oxygen atoms in total. The van der Waals surface area contributed by atoms with Gasteiger partial charge in [0.1, 0.15) is 5.50 Å². The summed E-state index contributed by atoms with van der Waals surface area (Å²) >= 11 is 11.2. The summed E-state index contributed by atoms with van der Waals surface area (Å²) in [6, 6.07) is 0. The maximum atomic E-state index is 5.64. The Morgan fingerprint density at radius 1 is 1.62 bits per heavy atom. The molecule has 0 aromatic rings. The number of alkyl halides is 1. The quantitative estimate of drug-likeness (QED) is 0.295. The van der Waals surface area contributed by atoms with Crippen LogP contribution in [-0.4, -0.2) is 29.7 Å². The molecule has 48 valence electrons. The zero-order valence-corrected chi connectivity index (χ0v) is 5.82. The highest BCUT2D eigenvalue weighted by molar-refractivity contribution is 6.25. The molecule has 0 bridgehead atoms. The molecule has 1 aliphatic rings. The van der Waals surface area contributed by atoms with E-state index in [1.165, 1.54) is 0 Å². The molecule has 0 amide bonds. The first-order valence-corrected chi connectivity index (χ1v) is 3.22. The van der Waals surface area contributed by atoms with Gasteiger partial charge in [0.05, 0.1) is 13.2 Å². The Hall–Kier alpha value is 0.500. The van der Waals surface area contributed by atoms with E-state index in [1.807, 2.05) is 0 Å². The van der Waals surface area contributed by atoms with Crippen LogP contribution in [0.15, 0.2) is 0 Å². The van der Waals surface area contributed by atoms with Gasteiger partial charge in [-0.05, 0) is 11.8 Å². The van der Waals surface area contributed by atoms with Crippen molar-refractivity contribution in [2.45, 2.75) is 5.50 Å². The molecule has 0 spiro atoms. The van der Waals surface area contributed by atoms with Crippen LogP contribution in [-0.2, 0) is 4.74 Å². The lowest BCUT2D eigenvalue weighted by molar-refractivity contribution is 0.0606. The molecule has 1 saturated heterocycles. The van der Waals surface area contributed by atoms with Gasteiger partial charge in [-0.15, -0.1) is 11.6 Å². The third kappa shape index (κ3) is 1.49. The van der Waals surface area contributed by atoms with Crippen LogP contribution in [0.1, 0.15) is 0 Å². The van der Waals surface area contributed by atoms with Gasteiger partial charge >= 0.3 is 0 Å². The van der Waals surface area contributed by atoms with E-state index in [4.69, 9.17) is 28.1 Å². The lowest BCUT2D eigenvalue weighted by atomic mass is 10.5. The topological polar surface area (TPSA) is 12.5 Å². The van der Waals surface area contributed by atoms with Crippen molar-refractivity contribution in [3.05, 3.63) is 0 Å². The van der Waals surface area contributed by atoms with Crippen molar-refractivity contribution in [2.75, 3.05) is 19.8 Å². The monoisotopic (exact) mass is 155 g/mol. The normalized spacial score (nSPS) is 33.0. The van der Waals surface area contributed by atoms with Crippen molar-refractivity contribution in [3.63, 3.8) is 0 Å². The molecular formula is C4H7Cl2NO. The Morgan fingerprint density at radius 3 is 2.75 bits per heavy atom. The van der Waals surface area contributed by atoms with Gasteiger partial charge in [-0.25, -0.2) is 0 Å². The van der Waals surface area contributed by atoms with E-state index in [2.05, 4.69) is 0 Å². The first-order valence-electron chi connectivity index (χ1n) is 2.45. The Labute approximate surface area is 58.4 Å².